The van der Waals surface area contributed by atoms with Crippen LogP contribution in [0, 0.1) is 0 Å². The van der Waals surface area contributed by atoms with E-state index in [9.17, 15) is 13.2 Å². The van der Waals surface area contributed by atoms with E-state index >= 15 is 0 Å². The number of fused-ring (bicyclic) bond motifs is 1. The second kappa shape index (κ2) is 10.2. The van der Waals surface area contributed by atoms with Gasteiger partial charge in [-0.15, -0.1) is 0 Å². The number of halogens is 2. The fourth-order valence-corrected chi connectivity index (χ4v) is 5.03. The normalized spacial score (nSPS) is 11.4. The summed E-state index contributed by atoms with van der Waals surface area (Å²) in [5.74, 6) is 0.484. The van der Waals surface area contributed by atoms with Crippen LogP contribution in [0.25, 0.3) is 10.9 Å². The molecule has 0 atom stereocenters. The highest BCUT2D eigenvalue weighted by atomic mass is 35.5. The first-order chi connectivity index (χ1) is 16.7. The van der Waals surface area contributed by atoms with E-state index in [4.69, 9.17) is 27.9 Å². The van der Waals surface area contributed by atoms with Gasteiger partial charge < -0.3 is 10.1 Å². The van der Waals surface area contributed by atoms with Gasteiger partial charge >= 0.3 is 0 Å². The van der Waals surface area contributed by atoms with E-state index in [1.54, 1.807) is 10.7 Å². The summed E-state index contributed by atoms with van der Waals surface area (Å²) >= 11 is 12.0. The van der Waals surface area contributed by atoms with Crippen LogP contribution in [0.3, 0.4) is 0 Å². The van der Waals surface area contributed by atoms with Crippen molar-refractivity contribution in [1.82, 2.24) is 15.1 Å². The van der Waals surface area contributed by atoms with Crippen LogP contribution in [0.1, 0.15) is 18.1 Å². The van der Waals surface area contributed by atoms with Gasteiger partial charge in [-0.05, 0) is 41.5 Å². The standard InChI is InChI=1S/C24H22Cl2N4O4S/c1-15(31)27-13-16-5-3-6-17(11-16)14-30-21-7-4-8-22(34-2)23(21)24(28-30)29-35(32,33)18-9-10-19(25)20(26)12-18/h3-12H,13-14H2,1-2H3,(H,27,31)(H,28,29). The maximum absolute atomic E-state index is 13.1. The summed E-state index contributed by atoms with van der Waals surface area (Å²) in [6, 6.07) is 17.2. The van der Waals surface area contributed by atoms with Crippen molar-refractivity contribution in [3.05, 3.63) is 81.8 Å². The molecule has 3 aromatic carbocycles. The molecular formula is C24H22Cl2N4O4S. The Bertz CT molecular complexity index is 1520. The number of benzene rings is 3. The molecule has 0 fully saturated rings. The molecule has 0 saturated carbocycles. The smallest absolute Gasteiger partial charge is 0.263 e. The van der Waals surface area contributed by atoms with Gasteiger partial charge in [0.15, 0.2) is 5.82 Å². The van der Waals surface area contributed by atoms with Gasteiger partial charge in [-0.2, -0.15) is 5.10 Å². The number of carbonyl (C=O) groups is 1. The Morgan fingerprint density at radius 1 is 1.03 bits per heavy atom. The van der Waals surface area contributed by atoms with Crippen LogP contribution in [0.5, 0.6) is 5.75 Å². The summed E-state index contributed by atoms with van der Waals surface area (Å²) < 4.78 is 36.0. The van der Waals surface area contributed by atoms with Crippen molar-refractivity contribution in [3.63, 3.8) is 0 Å². The first kappa shape index (κ1) is 24.8. The molecule has 0 saturated heterocycles. The average Bonchev–Trinajstić information content (AvgIpc) is 3.16. The quantitative estimate of drug-likeness (QED) is 0.338. The molecule has 1 aromatic heterocycles. The van der Waals surface area contributed by atoms with Gasteiger partial charge in [0.05, 0.1) is 39.5 Å². The lowest BCUT2D eigenvalue weighted by molar-refractivity contribution is -0.119. The second-order valence-corrected chi connectivity index (χ2v) is 10.3. The number of rotatable bonds is 8. The number of hydrogen-bond acceptors (Lipinski definition) is 5. The molecule has 0 radical (unpaired) electrons. The van der Waals surface area contributed by atoms with Crippen LogP contribution in [0.4, 0.5) is 5.82 Å². The summed E-state index contributed by atoms with van der Waals surface area (Å²) in [7, 11) is -2.51. The largest absolute Gasteiger partial charge is 0.496 e. The molecule has 0 aliphatic carbocycles. The van der Waals surface area contributed by atoms with Gasteiger partial charge in [0.1, 0.15) is 5.75 Å². The van der Waals surface area contributed by atoms with Crippen LogP contribution >= 0.6 is 23.2 Å². The summed E-state index contributed by atoms with van der Waals surface area (Å²) in [5.41, 5.74) is 2.55. The molecule has 0 aliphatic rings. The Morgan fingerprint density at radius 3 is 2.49 bits per heavy atom. The first-order valence-electron chi connectivity index (χ1n) is 10.5. The van der Waals surface area contributed by atoms with Crippen molar-refractivity contribution in [3.8, 4) is 5.75 Å². The highest BCUT2D eigenvalue weighted by Gasteiger charge is 2.22. The van der Waals surface area contributed by atoms with Crippen molar-refractivity contribution in [2.75, 3.05) is 11.8 Å². The van der Waals surface area contributed by atoms with Gasteiger partial charge in [0.2, 0.25) is 5.91 Å². The summed E-state index contributed by atoms with van der Waals surface area (Å²) in [6.45, 7) is 2.24. The van der Waals surface area contributed by atoms with Gasteiger partial charge in [-0.1, -0.05) is 53.5 Å². The fraction of sp³-hybridized carbons (Fsp3) is 0.167. The van der Waals surface area contributed by atoms with Crippen molar-refractivity contribution in [1.29, 1.82) is 0 Å². The SMILES string of the molecule is COc1cccc2c1c(NS(=O)(=O)c1ccc(Cl)c(Cl)c1)nn2Cc1cccc(CNC(C)=O)c1. The van der Waals surface area contributed by atoms with Crippen LogP contribution in [0.15, 0.2) is 65.6 Å². The number of anilines is 1. The van der Waals surface area contributed by atoms with E-state index in [-0.39, 0.29) is 26.7 Å². The van der Waals surface area contributed by atoms with Gasteiger partial charge in [-0.3, -0.25) is 14.2 Å². The Labute approximate surface area is 212 Å². The number of nitrogens with one attached hydrogen (secondary N) is 2. The molecule has 11 heteroatoms. The van der Waals surface area contributed by atoms with Gasteiger partial charge in [0.25, 0.3) is 10.0 Å². The maximum Gasteiger partial charge on any atom is 0.263 e. The van der Waals surface area contributed by atoms with Crippen molar-refractivity contribution in [2.45, 2.75) is 24.9 Å². The third-order valence-electron chi connectivity index (χ3n) is 5.26. The first-order valence-corrected chi connectivity index (χ1v) is 12.8. The molecule has 1 heterocycles. The van der Waals surface area contributed by atoms with Crippen molar-refractivity contribution < 1.29 is 17.9 Å². The number of nitrogens with zero attached hydrogens (tertiary/aromatic N) is 2. The average molecular weight is 533 g/mol. The lowest BCUT2D eigenvalue weighted by Gasteiger charge is -2.08. The van der Waals surface area contributed by atoms with E-state index in [0.29, 0.717) is 29.7 Å². The molecule has 1 amide bonds. The van der Waals surface area contributed by atoms with E-state index < -0.39 is 10.0 Å². The van der Waals surface area contributed by atoms with Crippen molar-refractivity contribution in [2.24, 2.45) is 0 Å². The zero-order valence-corrected chi connectivity index (χ0v) is 21.2. The highest BCUT2D eigenvalue weighted by Crippen LogP contribution is 2.34. The highest BCUT2D eigenvalue weighted by molar-refractivity contribution is 7.92. The molecule has 0 spiro atoms. The molecule has 4 rings (SSSR count). The number of ether oxygens (including phenoxy) is 1. The number of aromatic nitrogens is 2. The topological polar surface area (TPSA) is 102 Å². The number of amides is 1. The minimum atomic E-state index is -4.02. The predicted molar refractivity (Wildman–Crippen MR) is 137 cm³/mol. The van der Waals surface area contributed by atoms with Crippen LogP contribution < -0.4 is 14.8 Å². The van der Waals surface area contributed by atoms with Gasteiger partial charge in [-0.25, -0.2) is 8.42 Å². The van der Waals surface area contributed by atoms with Gasteiger partial charge in [0, 0.05) is 13.5 Å². The maximum atomic E-state index is 13.1. The minimum absolute atomic E-state index is 0.0461. The Balaban J connectivity index is 1.73. The van der Waals surface area contributed by atoms with Crippen LogP contribution in [-0.4, -0.2) is 31.2 Å². The zero-order chi connectivity index (χ0) is 25.2. The van der Waals surface area contributed by atoms with Crippen LogP contribution in [-0.2, 0) is 27.9 Å². The third kappa shape index (κ3) is 5.53. The predicted octanol–water partition coefficient (Wildman–Crippen LogP) is 4.84. The molecule has 4 aromatic rings. The second-order valence-electron chi connectivity index (χ2n) is 7.77. The fourth-order valence-electron chi connectivity index (χ4n) is 3.63. The van der Waals surface area contributed by atoms with E-state index in [1.165, 1.54) is 32.2 Å². The van der Waals surface area contributed by atoms with E-state index in [1.807, 2.05) is 36.4 Å². The molecule has 182 valence electrons. The Morgan fingerprint density at radius 2 is 1.77 bits per heavy atom. The number of carbonyl (C=O) groups excluding carboxylic acids is 1. The molecule has 0 aliphatic heterocycles. The molecule has 8 nitrogen and oxygen atoms in total. The van der Waals surface area contributed by atoms with Crippen molar-refractivity contribution >= 4 is 55.9 Å². The lowest BCUT2D eigenvalue weighted by Crippen LogP contribution is -2.19. The lowest BCUT2D eigenvalue weighted by atomic mass is 10.1. The summed E-state index contributed by atoms with van der Waals surface area (Å²) in [4.78, 5) is 11.2. The molecule has 0 unspecified atom stereocenters. The minimum Gasteiger partial charge on any atom is -0.496 e. The number of sulfonamides is 1. The Hall–Kier alpha value is -3.27. The summed E-state index contributed by atoms with van der Waals surface area (Å²) in [5, 5.41) is 8.24. The van der Waals surface area contributed by atoms with Crippen LogP contribution in [0.2, 0.25) is 10.0 Å². The molecular weight excluding hydrogens is 511 g/mol. The van der Waals surface area contributed by atoms with E-state index in [2.05, 4.69) is 15.1 Å². The Kier molecular flexibility index (Phi) is 7.20. The number of methoxy groups -OCH3 is 1. The third-order valence-corrected chi connectivity index (χ3v) is 7.33. The molecule has 2 N–H and O–H groups in total. The monoisotopic (exact) mass is 532 g/mol. The molecule has 0 bridgehead atoms. The van der Waals surface area contributed by atoms with E-state index in [0.717, 1.165) is 11.1 Å². The number of hydrogen-bond donors (Lipinski definition) is 2. The zero-order valence-electron chi connectivity index (χ0n) is 18.9. The summed E-state index contributed by atoms with van der Waals surface area (Å²) in [6.07, 6.45) is 0. The molecule has 35 heavy (non-hydrogen) atoms.